The van der Waals surface area contributed by atoms with Crippen LogP contribution in [0.25, 0.3) is 0 Å². The Bertz CT molecular complexity index is 363. The van der Waals surface area contributed by atoms with E-state index in [9.17, 15) is 4.79 Å². The molecule has 0 bridgehead atoms. The van der Waals surface area contributed by atoms with E-state index < -0.39 is 18.6 Å². The van der Waals surface area contributed by atoms with Crippen LogP contribution in [0.2, 0.25) is 0 Å². The fraction of sp³-hybridized carbons (Fsp3) is 0.364. The molecule has 3 N–H and O–H groups in total. The van der Waals surface area contributed by atoms with Gasteiger partial charge in [0, 0.05) is 5.69 Å². The third kappa shape index (κ3) is 2.95. The van der Waals surface area contributed by atoms with Crippen molar-refractivity contribution in [2.24, 2.45) is 0 Å². The molecule has 0 saturated carbocycles. The van der Waals surface area contributed by atoms with Gasteiger partial charge in [-0.2, -0.15) is 0 Å². The summed E-state index contributed by atoms with van der Waals surface area (Å²) in [6, 6.07) is 4.62. The molecule has 0 radical (unpaired) electrons. The van der Waals surface area contributed by atoms with Crippen molar-refractivity contribution < 1.29 is 15.0 Å². The highest BCUT2D eigenvalue weighted by atomic mass is 16.4. The van der Waals surface area contributed by atoms with Crippen LogP contribution in [-0.2, 0) is 4.79 Å². The quantitative estimate of drug-likeness (QED) is 0.696. The zero-order valence-corrected chi connectivity index (χ0v) is 8.82. The number of carboxylic acid groups (broad SMARTS) is 1. The van der Waals surface area contributed by atoms with Gasteiger partial charge in [-0.15, -0.1) is 0 Å². The van der Waals surface area contributed by atoms with Gasteiger partial charge in [-0.3, -0.25) is 0 Å². The Balaban J connectivity index is 2.80. The fourth-order valence-electron chi connectivity index (χ4n) is 1.22. The van der Waals surface area contributed by atoms with Crippen molar-refractivity contribution in [1.82, 2.24) is 0 Å². The summed E-state index contributed by atoms with van der Waals surface area (Å²) in [6.45, 7) is 3.51. The van der Waals surface area contributed by atoms with Gasteiger partial charge in [0.05, 0.1) is 6.61 Å². The lowest BCUT2D eigenvalue weighted by Gasteiger charge is -2.14. The van der Waals surface area contributed by atoms with Crippen molar-refractivity contribution in [3.05, 3.63) is 29.3 Å². The second-order valence-corrected chi connectivity index (χ2v) is 3.52. The van der Waals surface area contributed by atoms with Gasteiger partial charge in [0.25, 0.3) is 0 Å². The standard InChI is InChI=1S/C11H15NO3/c1-7-3-4-9(5-8(7)2)12-10(6-13)11(14)15/h3-5,10,12-13H,6H2,1-2H3,(H,14,15)/t10-/m1/s1. The Labute approximate surface area is 88.6 Å². The maximum Gasteiger partial charge on any atom is 0.328 e. The summed E-state index contributed by atoms with van der Waals surface area (Å²) in [4.78, 5) is 10.7. The van der Waals surface area contributed by atoms with E-state index in [2.05, 4.69) is 5.32 Å². The molecule has 1 atom stereocenters. The highest BCUT2D eigenvalue weighted by Gasteiger charge is 2.15. The van der Waals surface area contributed by atoms with Gasteiger partial charge in [-0.05, 0) is 37.1 Å². The summed E-state index contributed by atoms with van der Waals surface area (Å²) in [6.07, 6.45) is 0. The second kappa shape index (κ2) is 4.79. The number of carboxylic acids is 1. The summed E-state index contributed by atoms with van der Waals surface area (Å²) in [5.41, 5.74) is 2.94. The zero-order chi connectivity index (χ0) is 11.4. The average molecular weight is 209 g/mol. The van der Waals surface area contributed by atoms with E-state index >= 15 is 0 Å². The molecular formula is C11H15NO3. The van der Waals surface area contributed by atoms with E-state index in [0.29, 0.717) is 5.69 Å². The summed E-state index contributed by atoms with van der Waals surface area (Å²) >= 11 is 0. The number of hydrogen-bond donors (Lipinski definition) is 3. The van der Waals surface area contributed by atoms with Gasteiger partial charge >= 0.3 is 5.97 Å². The van der Waals surface area contributed by atoms with Crippen molar-refractivity contribution in [2.45, 2.75) is 19.9 Å². The monoisotopic (exact) mass is 209 g/mol. The minimum absolute atomic E-state index is 0.428. The fourth-order valence-corrected chi connectivity index (χ4v) is 1.22. The number of nitrogens with one attached hydrogen (secondary N) is 1. The maximum absolute atomic E-state index is 10.7. The number of carbonyl (C=O) groups is 1. The lowest BCUT2D eigenvalue weighted by Crippen LogP contribution is -2.32. The Kier molecular flexibility index (Phi) is 3.68. The summed E-state index contributed by atoms with van der Waals surface area (Å²) in [5.74, 6) is -1.06. The van der Waals surface area contributed by atoms with E-state index in [1.165, 1.54) is 0 Å². The molecule has 0 saturated heterocycles. The van der Waals surface area contributed by atoms with Gasteiger partial charge < -0.3 is 15.5 Å². The first kappa shape index (κ1) is 11.5. The number of aliphatic hydroxyl groups excluding tert-OH is 1. The summed E-state index contributed by atoms with van der Waals surface area (Å²) < 4.78 is 0. The lowest BCUT2D eigenvalue weighted by molar-refractivity contribution is -0.138. The lowest BCUT2D eigenvalue weighted by atomic mass is 10.1. The molecule has 0 unspecified atom stereocenters. The number of benzene rings is 1. The SMILES string of the molecule is Cc1ccc(N[C@H](CO)C(=O)O)cc1C. The molecule has 0 aliphatic carbocycles. The Morgan fingerprint density at radius 2 is 2.07 bits per heavy atom. The molecule has 0 aromatic heterocycles. The molecule has 0 fully saturated rings. The average Bonchev–Trinajstić information content (AvgIpc) is 2.19. The van der Waals surface area contributed by atoms with Gasteiger partial charge in [0.1, 0.15) is 6.04 Å². The second-order valence-electron chi connectivity index (χ2n) is 3.52. The van der Waals surface area contributed by atoms with Crippen LogP contribution in [0, 0.1) is 13.8 Å². The van der Waals surface area contributed by atoms with Gasteiger partial charge in [-0.1, -0.05) is 6.07 Å². The van der Waals surface area contributed by atoms with Crippen LogP contribution in [0.5, 0.6) is 0 Å². The Hall–Kier alpha value is -1.55. The molecule has 1 rings (SSSR count). The number of hydrogen-bond acceptors (Lipinski definition) is 3. The molecule has 1 aromatic rings. The van der Waals surface area contributed by atoms with Crippen LogP contribution in [0.15, 0.2) is 18.2 Å². The molecule has 15 heavy (non-hydrogen) atoms. The van der Waals surface area contributed by atoms with Gasteiger partial charge in [0.2, 0.25) is 0 Å². The summed E-state index contributed by atoms with van der Waals surface area (Å²) in [5, 5.41) is 20.3. The molecule has 0 amide bonds. The number of rotatable bonds is 4. The molecule has 4 nitrogen and oxygen atoms in total. The van der Waals surface area contributed by atoms with Crippen molar-refractivity contribution in [1.29, 1.82) is 0 Å². The minimum Gasteiger partial charge on any atom is -0.480 e. The number of aliphatic hydroxyl groups is 1. The predicted octanol–water partition coefficient (Wildman–Crippen LogP) is 1.16. The van der Waals surface area contributed by atoms with Gasteiger partial charge in [-0.25, -0.2) is 4.79 Å². The molecule has 0 spiro atoms. The number of aliphatic carboxylic acids is 1. The topological polar surface area (TPSA) is 69.6 Å². The predicted molar refractivity (Wildman–Crippen MR) is 58.0 cm³/mol. The first-order valence-corrected chi connectivity index (χ1v) is 4.72. The van der Waals surface area contributed by atoms with Crippen LogP contribution in [0.3, 0.4) is 0 Å². The molecule has 0 aliphatic heterocycles. The van der Waals surface area contributed by atoms with Crippen LogP contribution < -0.4 is 5.32 Å². The van der Waals surface area contributed by atoms with Crippen molar-refractivity contribution in [3.63, 3.8) is 0 Å². The van der Waals surface area contributed by atoms with E-state index in [1.54, 1.807) is 6.07 Å². The van der Waals surface area contributed by atoms with E-state index in [-0.39, 0.29) is 0 Å². The Morgan fingerprint density at radius 1 is 1.40 bits per heavy atom. The first-order valence-electron chi connectivity index (χ1n) is 4.72. The minimum atomic E-state index is -1.06. The zero-order valence-electron chi connectivity index (χ0n) is 8.82. The van der Waals surface area contributed by atoms with Crippen molar-refractivity contribution in [3.8, 4) is 0 Å². The highest BCUT2D eigenvalue weighted by molar-refractivity contribution is 5.77. The normalized spacial score (nSPS) is 12.2. The van der Waals surface area contributed by atoms with Crippen molar-refractivity contribution >= 4 is 11.7 Å². The third-order valence-corrected chi connectivity index (χ3v) is 2.33. The van der Waals surface area contributed by atoms with Crippen LogP contribution in [0.4, 0.5) is 5.69 Å². The molecule has 82 valence electrons. The Morgan fingerprint density at radius 3 is 2.53 bits per heavy atom. The van der Waals surface area contributed by atoms with Crippen molar-refractivity contribution in [2.75, 3.05) is 11.9 Å². The smallest absolute Gasteiger partial charge is 0.328 e. The molecular weight excluding hydrogens is 194 g/mol. The van der Waals surface area contributed by atoms with Crippen LogP contribution >= 0.6 is 0 Å². The number of anilines is 1. The largest absolute Gasteiger partial charge is 0.480 e. The summed E-state index contributed by atoms with van der Waals surface area (Å²) in [7, 11) is 0. The molecule has 0 aliphatic rings. The first-order chi connectivity index (χ1) is 7.04. The molecule has 0 heterocycles. The maximum atomic E-state index is 10.7. The molecule has 4 heteroatoms. The molecule has 1 aromatic carbocycles. The number of aryl methyl sites for hydroxylation is 2. The van der Waals surface area contributed by atoms with E-state index in [4.69, 9.17) is 10.2 Å². The van der Waals surface area contributed by atoms with Gasteiger partial charge in [0.15, 0.2) is 0 Å². The van der Waals surface area contributed by atoms with Crippen LogP contribution in [-0.4, -0.2) is 28.8 Å². The van der Waals surface area contributed by atoms with E-state index in [0.717, 1.165) is 11.1 Å². The van der Waals surface area contributed by atoms with E-state index in [1.807, 2.05) is 26.0 Å². The highest BCUT2D eigenvalue weighted by Crippen LogP contribution is 2.14. The van der Waals surface area contributed by atoms with Crippen LogP contribution in [0.1, 0.15) is 11.1 Å². The third-order valence-electron chi connectivity index (χ3n) is 2.33.